The topological polar surface area (TPSA) is 47.0 Å². The maximum atomic E-state index is 5.34. The fourth-order valence-corrected chi connectivity index (χ4v) is 2.04. The number of nitrogens with one attached hydrogen (secondary N) is 1. The van der Waals surface area contributed by atoms with Crippen molar-refractivity contribution in [1.82, 2.24) is 9.97 Å². The molecule has 1 aromatic rings. The van der Waals surface area contributed by atoms with Crippen LogP contribution in [0.1, 0.15) is 37.4 Å². The van der Waals surface area contributed by atoms with Crippen molar-refractivity contribution in [3.05, 3.63) is 18.1 Å². The number of ether oxygens (including phenoxy) is 1. The van der Waals surface area contributed by atoms with Gasteiger partial charge in [0.05, 0.1) is 0 Å². The van der Waals surface area contributed by atoms with E-state index in [-0.39, 0.29) is 0 Å². The Labute approximate surface area is 95.4 Å². The van der Waals surface area contributed by atoms with Gasteiger partial charge in [0, 0.05) is 31.4 Å². The molecule has 86 valence electrons. The minimum Gasteiger partial charge on any atom is -0.381 e. The molecule has 0 radical (unpaired) electrons. The molecule has 16 heavy (non-hydrogen) atoms. The number of hydrogen-bond acceptors (Lipinski definition) is 4. The van der Waals surface area contributed by atoms with Gasteiger partial charge < -0.3 is 10.1 Å². The van der Waals surface area contributed by atoms with Crippen LogP contribution in [-0.2, 0) is 4.74 Å². The highest BCUT2D eigenvalue weighted by Gasteiger charge is 2.26. The standard InChI is InChI=1S/C12H17N3O/c1-2-9(1)12-13-6-3-11(15-12)14-10-4-7-16-8-5-10/h3,6,9-10H,1-2,4-5,7-8H2,(H,13,14,15). The molecular formula is C12H17N3O. The van der Waals surface area contributed by atoms with E-state index in [0.29, 0.717) is 12.0 Å². The summed E-state index contributed by atoms with van der Waals surface area (Å²) in [6.07, 6.45) is 6.51. The van der Waals surface area contributed by atoms with Crippen LogP contribution >= 0.6 is 0 Å². The van der Waals surface area contributed by atoms with Crippen molar-refractivity contribution >= 4 is 5.82 Å². The van der Waals surface area contributed by atoms with Crippen molar-refractivity contribution in [3.8, 4) is 0 Å². The molecule has 1 aliphatic carbocycles. The van der Waals surface area contributed by atoms with Gasteiger partial charge in [-0.2, -0.15) is 0 Å². The second-order valence-electron chi connectivity index (χ2n) is 4.61. The van der Waals surface area contributed by atoms with E-state index in [1.165, 1.54) is 12.8 Å². The summed E-state index contributed by atoms with van der Waals surface area (Å²) < 4.78 is 5.34. The second-order valence-corrected chi connectivity index (χ2v) is 4.61. The largest absolute Gasteiger partial charge is 0.381 e. The van der Waals surface area contributed by atoms with Gasteiger partial charge in [-0.25, -0.2) is 9.97 Å². The van der Waals surface area contributed by atoms with E-state index < -0.39 is 0 Å². The zero-order chi connectivity index (χ0) is 10.8. The lowest BCUT2D eigenvalue weighted by Gasteiger charge is -2.23. The molecule has 4 nitrogen and oxygen atoms in total. The lowest BCUT2D eigenvalue weighted by molar-refractivity contribution is 0.0904. The van der Waals surface area contributed by atoms with E-state index in [0.717, 1.165) is 37.7 Å². The number of hydrogen-bond donors (Lipinski definition) is 1. The Hall–Kier alpha value is -1.16. The predicted octanol–water partition coefficient (Wildman–Crippen LogP) is 1.94. The van der Waals surface area contributed by atoms with Crippen LogP contribution in [0, 0.1) is 0 Å². The molecule has 3 rings (SSSR count). The average molecular weight is 219 g/mol. The highest BCUT2D eigenvalue weighted by molar-refractivity contribution is 5.35. The Morgan fingerprint density at radius 2 is 2.00 bits per heavy atom. The number of rotatable bonds is 3. The van der Waals surface area contributed by atoms with Crippen LogP contribution in [-0.4, -0.2) is 29.2 Å². The fourth-order valence-electron chi connectivity index (χ4n) is 2.04. The van der Waals surface area contributed by atoms with Gasteiger partial charge in [0.1, 0.15) is 11.6 Å². The van der Waals surface area contributed by atoms with Gasteiger partial charge in [-0.1, -0.05) is 0 Å². The van der Waals surface area contributed by atoms with E-state index in [1.54, 1.807) is 0 Å². The number of aromatic nitrogens is 2. The molecule has 0 unspecified atom stereocenters. The molecule has 0 spiro atoms. The third-order valence-electron chi connectivity index (χ3n) is 3.19. The Morgan fingerprint density at radius 1 is 1.19 bits per heavy atom. The molecule has 2 aliphatic rings. The van der Waals surface area contributed by atoms with Crippen LogP contribution < -0.4 is 5.32 Å². The Balaban J connectivity index is 1.66. The van der Waals surface area contributed by atoms with Crippen LogP contribution in [0.15, 0.2) is 12.3 Å². The maximum Gasteiger partial charge on any atom is 0.133 e. The van der Waals surface area contributed by atoms with Gasteiger partial charge in [-0.15, -0.1) is 0 Å². The molecule has 0 bridgehead atoms. The van der Waals surface area contributed by atoms with E-state index in [2.05, 4.69) is 15.3 Å². The van der Waals surface area contributed by atoms with E-state index in [4.69, 9.17) is 4.74 Å². The summed E-state index contributed by atoms with van der Waals surface area (Å²) in [6, 6.07) is 2.47. The lowest BCUT2D eigenvalue weighted by Crippen LogP contribution is -2.28. The third-order valence-corrected chi connectivity index (χ3v) is 3.19. The first-order valence-corrected chi connectivity index (χ1v) is 6.09. The zero-order valence-electron chi connectivity index (χ0n) is 9.35. The first-order valence-electron chi connectivity index (χ1n) is 6.09. The van der Waals surface area contributed by atoms with E-state index in [9.17, 15) is 0 Å². The summed E-state index contributed by atoms with van der Waals surface area (Å²) >= 11 is 0. The van der Waals surface area contributed by atoms with Crippen molar-refractivity contribution in [1.29, 1.82) is 0 Å². The summed E-state index contributed by atoms with van der Waals surface area (Å²) in [4.78, 5) is 8.88. The average Bonchev–Trinajstić information content (AvgIpc) is 3.15. The van der Waals surface area contributed by atoms with Crippen LogP contribution in [0.4, 0.5) is 5.82 Å². The number of nitrogens with zero attached hydrogens (tertiary/aromatic N) is 2. The Kier molecular flexibility index (Phi) is 2.74. The monoisotopic (exact) mass is 219 g/mol. The normalized spacial score (nSPS) is 22.0. The molecule has 2 fully saturated rings. The molecule has 1 N–H and O–H groups in total. The molecule has 1 saturated carbocycles. The van der Waals surface area contributed by atoms with Gasteiger partial charge in [0.15, 0.2) is 0 Å². The lowest BCUT2D eigenvalue weighted by atomic mass is 10.1. The highest BCUT2D eigenvalue weighted by Crippen LogP contribution is 2.38. The SMILES string of the molecule is c1cc(NC2CCOCC2)nc(C2CC2)n1. The van der Waals surface area contributed by atoms with Gasteiger partial charge in [0.25, 0.3) is 0 Å². The molecule has 2 heterocycles. The van der Waals surface area contributed by atoms with Crippen molar-refractivity contribution in [2.45, 2.75) is 37.6 Å². The minimum absolute atomic E-state index is 0.510. The van der Waals surface area contributed by atoms with Gasteiger partial charge in [-0.3, -0.25) is 0 Å². The number of anilines is 1. The summed E-state index contributed by atoms with van der Waals surface area (Å²) in [5, 5.41) is 3.47. The van der Waals surface area contributed by atoms with Crippen LogP contribution in [0.3, 0.4) is 0 Å². The summed E-state index contributed by atoms with van der Waals surface area (Å²) in [5.74, 6) is 2.61. The Bertz CT molecular complexity index is 359. The quantitative estimate of drug-likeness (QED) is 0.844. The summed E-state index contributed by atoms with van der Waals surface area (Å²) in [6.45, 7) is 1.72. The summed E-state index contributed by atoms with van der Waals surface area (Å²) in [5.41, 5.74) is 0. The molecule has 1 aliphatic heterocycles. The fraction of sp³-hybridized carbons (Fsp3) is 0.667. The molecule has 0 aromatic carbocycles. The molecular weight excluding hydrogens is 202 g/mol. The molecule has 0 amide bonds. The first-order chi connectivity index (χ1) is 7.92. The van der Waals surface area contributed by atoms with Crippen molar-refractivity contribution in [2.75, 3.05) is 18.5 Å². The zero-order valence-corrected chi connectivity index (χ0v) is 9.35. The maximum absolute atomic E-state index is 5.34. The van der Waals surface area contributed by atoms with Crippen LogP contribution in [0.2, 0.25) is 0 Å². The molecule has 0 atom stereocenters. The van der Waals surface area contributed by atoms with E-state index >= 15 is 0 Å². The Morgan fingerprint density at radius 3 is 2.75 bits per heavy atom. The summed E-state index contributed by atoms with van der Waals surface area (Å²) in [7, 11) is 0. The van der Waals surface area contributed by atoms with Gasteiger partial charge in [-0.05, 0) is 31.7 Å². The van der Waals surface area contributed by atoms with Gasteiger partial charge in [0.2, 0.25) is 0 Å². The highest BCUT2D eigenvalue weighted by atomic mass is 16.5. The minimum atomic E-state index is 0.510. The third kappa shape index (κ3) is 2.32. The molecule has 1 aromatic heterocycles. The van der Waals surface area contributed by atoms with E-state index in [1.807, 2.05) is 12.3 Å². The van der Waals surface area contributed by atoms with Crippen molar-refractivity contribution < 1.29 is 4.74 Å². The van der Waals surface area contributed by atoms with Crippen molar-refractivity contribution in [3.63, 3.8) is 0 Å². The second kappa shape index (κ2) is 4.37. The van der Waals surface area contributed by atoms with Gasteiger partial charge >= 0.3 is 0 Å². The smallest absolute Gasteiger partial charge is 0.133 e. The van der Waals surface area contributed by atoms with Crippen LogP contribution in [0.25, 0.3) is 0 Å². The van der Waals surface area contributed by atoms with Crippen molar-refractivity contribution in [2.24, 2.45) is 0 Å². The van der Waals surface area contributed by atoms with Crippen LogP contribution in [0.5, 0.6) is 0 Å². The first kappa shape index (κ1) is 10.0. The predicted molar refractivity (Wildman–Crippen MR) is 61.5 cm³/mol. The molecule has 1 saturated heterocycles. The molecule has 4 heteroatoms.